The number of nitrogens with one attached hydrogen (secondary N) is 1. The molecule has 4 aliphatic rings. The van der Waals surface area contributed by atoms with Gasteiger partial charge >= 0.3 is 0 Å². The number of hydrogen-bond donors (Lipinski definition) is 2. The Morgan fingerprint density at radius 3 is 2.36 bits per heavy atom. The van der Waals surface area contributed by atoms with Crippen LogP contribution in [0.3, 0.4) is 0 Å². The molecule has 3 amide bonds. The Morgan fingerprint density at radius 1 is 0.786 bits per heavy atom. The Kier molecular flexibility index (Phi) is 9.42. The topological polar surface area (TPSA) is 137 Å². The lowest BCUT2D eigenvalue weighted by Crippen LogP contribution is -2.51. The van der Waals surface area contributed by atoms with Crippen molar-refractivity contribution in [1.82, 2.24) is 35.3 Å². The Balaban J connectivity index is 0.790. The number of allylic oxidation sites excluding steroid dienone is 1. The lowest BCUT2D eigenvalue weighted by Gasteiger charge is -2.36. The van der Waals surface area contributed by atoms with Crippen LogP contribution in [-0.4, -0.2) is 91.6 Å². The van der Waals surface area contributed by atoms with Gasteiger partial charge in [-0.2, -0.15) is 4.80 Å². The number of phenols is 1. The van der Waals surface area contributed by atoms with E-state index in [1.807, 2.05) is 12.1 Å². The molecule has 2 saturated heterocycles. The quantitative estimate of drug-likeness (QED) is 0.187. The van der Waals surface area contributed by atoms with Crippen LogP contribution in [0.1, 0.15) is 80.5 Å². The van der Waals surface area contributed by atoms with Crippen molar-refractivity contribution in [1.29, 1.82) is 0 Å². The van der Waals surface area contributed by atoms with Crippen LogP contribution in [0, 0.1) is 0 Å². The van der Waals surface area contributed by atoms with E-state index >= 15 is 0 Å². The van der Waals surface area contributed by atoms with Crippen molar-refractivity contribution in [2.45, 2.75) is 56.5 Å². The highest BCUT2D eigenvalue weighted by molar-refractivity contribution is 6.23. The van der Waals surface area contributed by atoms with Gasteiger partial charge in [-0.3, -0.25) is 24.2 Å². The molecule has 3 aliphatic heterocycles. The van der Waals surface area contributed by atoms with E-state index in [4.69, 9.17) is 5.10 Å². The number of rotatable bonds is 9. The van der Waals surface area contributed by atoms with Crippen LogP contribution >= 0.6 is 0 Å². The van der Waals surface area contributed by atoms with Crippen molar-refractivity contribution in [2.24, 2.45) is 0 Å². The number of piperazine rings is 1. The van der Waals surface area contributed by atoms with Crippen molar-refractivity contribution in [2.75, 3.05) is 37.6 Å². The third-order valence-corrected chi connectivity index (χ3v) is 11.9. The number of benzene rings is 4. The Hall–Kier alpha value is -6.14. The smallest absolute Gasteiger partial charge is 0.262 e. The summed E-state index contributed by atoms with van der Waals surface area (Å²) in [5, 5.41) is 26.3. The van der Waals surface area contributed by atoms with E-state index in [0.717, 1.165) is 68.1 Å². The number of tetrazole rings is 1. The molecule has 5 aromatic rings. The Labute approximate surface area is 325 Å². The monoisotopic (exact) mass is 748 g/mol. The molecule has 0 saturated carbocycles. The third-order valence-electron chi connectivity index (χ3n) is 11.9. The van der Waals surface area contributed by atoms with E-state index in [1.54, 1.807) is 23.0 Å². The number of anilines is 1. The van der Waals surface area contributed by atoms with Gasteiger partial charge < -0.3 is 15.3 Å². The van der Waals surface area contributed by atoms with Crippen molar-refractivity contribution in [3.63, 3.8) is 0 Å². The highest BCUT2D eigenvalue weighted by Gasteiger charge is 2.44. The maximum atomic E-state index is 13.4. The van der Waals surface area contributed by atoms with Gasteiger partial charge in [-0.1, -0.05) is 67.2 Å². The first-order valence-corrected chi connectivity index (χ1v) is 19.5. The van der Waals surface area contributed by atoms with Gasteiger partial charge in [-0.15, -0.1) is 10.2 Å². The van der Waals surface area contributed by atoms with Gasteiger partial charge in [0.15, 0.2) is 0 Å². The molecule has 4 heterocycles. The van der Waals surface area contributed by atoms with Gasteiger partial charge in [0.2, 0.25) is 11.7 Å². The van der Waals surface area contributed by atoms with Crippen molar-refractivity contribution in [3.05, 3.63) is 137 Å². The molecule has 0 bridgehead atoms. The number of carbonyl (C=O) groups excluding carboxylic acids is 3. The summed E-state index contributed by atoms with van der Waals surface area (Å²) in [5.74, 6) is 0.239. The molecule has 0 radical (unpaired) electrons. The maximum absolute atomic E-state index is 13.4. The van der Waals surface area contributed by atoms with Crippen LogP contribution in [0.15, 0.2) is 103 Å². The standard InChI is InChI=1S/C44H44N8O4/c1-28-8-19-39(42(54)45-28)52-43(55)37-17-14-33(27-38(37)44(52)56)50-24-22-49(23-25-50)20-5-21-51-47-41(46-48-51)31-11-9-30(10-12-31)40-35(29-6-3-2-4-7-29)16-13-32-26-34(53)15-18-36(32)40/h2-4,6-7,9-12,14-15,17-18,26-27,35,39-40,53H,1,5,8,13,16,19-25H2,(H,45,54)/t35-,39?,40+/m1/s1. The molecule has 56 heavy (non-hydrogen) atoms. The average Bonchev–Trinajstić information content (AvgIpc) is 3.79. The zero-order valence-electron chi connectivity index (χ0n) is 31.2. The number of aromatic nitrogens is 4. The fourth-order valence-corrected chi connectivity index (χ4v) is 8.97. The molecule has 0 spiro atoms. The second-order valence-electron chi connectivity index (χ2n) is 15.3. The number of amides is 3. The number of fused-ring (bicyclic) bond motifs is 2. The molecule has 12 heteroatoms. The molecular weight excluding hydrogens is 705 g/mol. The van der Waals surface area contributed by atoms with Gasteiger partial charge in [0.25, 0.3) is 11.8 Å². The van der Waals surface area contributed by atoms with E-state index < -0.39 is 17.9 Å². The van der Waals surface area contributed by atoms with E-state index in [-0.39, 0.29) is 11.8 Å². The Morgan fingerprint density at radius 2 is 1.57 bits per heavy atom. The number of imide groups is 1. The zero-order valence-corrected chi connectivity index (χ0v) is 31.2. The lowest BCUT2D eigenvalue weighted by molar-refractivity contribution is -0.125. The van der Waals surface area contributed by atoms with E-state index in [1.165, 1.54) is 22.3 Å². The summed E-state index contributed by atoms with van der Waals surface area (Å²) in [4.78, 5) is 46.6. The van der Waals surface area contributed by atoms with Gasteiger partial charge in [0.1, 0.15) is 11.8 Å². The van der Waals surface area contributed by atoms with Crippen LogP contribution in [0.2, 0.25) is 0 Å². The second kappa shape index (κ2) is 14.8. The first-order chi connectivity index (χ1) is 27.3. The number of aromatic hydroxyl groups is 1. The molecule has 9 rings (SSSR count). The SMILES string of the molecule is C=C1CCC(N2C(=O)c3ccc(N4CCN(CCCn5nnc(-c6ccc([C@@H]7c8ccc(O)cc8CC[C@@H]7c7ccccc7)cc6)n5)CC4)cc3C2=O)C(=O)N1. The fourth-order valence-electron chi connectivity index (χ4n) is 8.97. The highest BCUT2D eigenvalue weighted by Crippen LogP contribution is 2.47. The highest BCUT2D eigenvalue weighted by atomic mass is 16.3. The summed E-state index contributed by atoms with van der Waals surface area (Å²) in [6.07, 6.45) is 3.74. The summed E-state index contributed by atoms with van der Waals surface area (Å²) >= 11 is 0. The molecule has 284 valence electrons. The van der Waals surface area contributed by atoms with Crippen LogP contribution in [0.25, 0.3) is 11.4 Å². The number of nitrogens with zero attached hydrogens (tertiary/aromatic N) is 7. The minimum absolute atomic E-state index is 0.175. The molecule has 2 N–H and O–H groups in total. The van der Waals surface area contributed by atoms with Crippen LogP contribution < -0.4 is 10.2 Å². The molecular formula is C44H44N8O4. The summed E-state index contributed by atoms with van der Waals surface area (Å²) in [5.41, 5.74) is 8.17. The van der Waals surface area contributed by atoms with Crippen molar-refractivity contribution < 1.29 is 19.5 Å². The fraction of sp³-hybridized carbons (Fsp3) is 0.318. The molecule has 1 aromatic heterocycles. The molecule has 4 aromatic carbocycles. The summed E-state index contributed by atoms with van der Waals surface area (Å²) in [7, 11) is 0. The normalized spacial score (nSPS) is 21.2. The van der Waals surface area contributed by atoms with E-state index in [2.05, 4.69) is 92.7 Å². The Bertz CT molecular complexity index is 2320. The maximum Gasteiger partial charge on any atom is 0.262 e. The average molecular weight is 749 g/mol. The summed E-state index contributed by atoms with van der Waals surface area (Å²) in [6.45, 7) is 8.66. The number of aryl methyl sites for hydroxylation is 2. The van der Waals surface area contributed by atoms with Crippen LogP contribution in [0.4, 0.5) is 5.69 Å². The number of carbonyl (C=O) groups is 3. The van der Waals surface area contributed by atoms with Gasteiger partial charge in [-0.05, 0) is 95.8 Å². The number of hydrogen-bond acceptors (Lipinski definition) is 9. The van der Waals surface area contributed by atoms with Crippen molar-refractivity contribution in [3.8, 4) is 17.1 Å². The first-order valence-electron chi connectivity index (χ1n) is 19.5. The molecule has 2 fully saturated rings. The molecule has 1 aliphatic carbocycles. The van der Waals surface area contributed by atoms with Crippen molar-refractivity contribution >= 4 is 23.4 Å². The number of piperidine rings is 1. The predicted molar refractivity (Wildman–Crippen MR) is 211 cm³/mol. The van der Waals surface area contributed by atoms with E-state index in [9.17, 15) is 19.5 Å². The van der Waals surface area contributed by atoms with Gasteiger partial charge in [0.05, 0.1) is 17.7 Å². The lowest BCUT2D eigenvalue weighted by atomic mass is 9.69. The molecule has 3 atom stereocenters. The largest absolute Gasteiger partial charge is 0.508 e. The summed E-state index contributed by atoms with van der Waals surface area (Å²) < 4.78 is 0. The minimum Gasteiger partial charge on any atom is -0.508 e. The summed E-state index contributed by atoms with van der Waals surface area (Å²) in [6, 6.07) is 29.7. The number of phenolic OH excluding ortho intramolecular Hbond substituents is 1. The third kappa shape index (κ3) is 6.74. The predicted octanol–water partition coefficient (Wildman–Crippen LogP) is 5.51. The first kappa shape index (κ1) is 35.6. The molecule has 1 unspecified atom stereocenters. The van der Waals surface area contributed by atoms with Gasteiger partial charge in [-0.25, -0.2) is 0 Å². The minimum atomic E-state index is -0.817. The second-order valence-corrected chi connectivity index (χ2v) is 15.3. The van der Waals surface area contributed by atoms with Gasteiger partial charge in [0, 0.05) is 55.6 Å². The van der Waals surface area contributed by atoms with Crippen LogP contribution in [0.5, 0.6) is 5.75 Å². The van der Waals surface area contributed by atoms with E-state index in [0.29, 0.717) is 53.7 Å². The molecule has 12 nitrogen and oxygen atoms in total. The van der Waals surface area contributed by atoms with Crippen LogP contribution in [-0.2, 0) is 17.8 Å². The zero-order chi connectivity index (χ0) is 38.3.